The number of carboxylic acids is 1. The lowest BCUT2D eigenvalue weighted by Crippen LogP contribution is -2.53. The first kappa shape index (κ1) is 16.7. The molecule has 0 saturated heterocycles. The van der Waals surface area contributed by atoms with Crippen LogP contribution in [0.15, 0.2) is 0 Å². The fourth-order valence-electron chi connectivity index (χ4n) is 2.44. The van der Waals surface area contributed by atoms with Gasteiger partial charge in [0.15, 0.2) is 0 Å². The van der Waals surface area contributed by atoms with Crippen molar-refractivity contribution in [2.75, 3.05) is 20.8 Å². The number of hydrogen-bond donors (Lipinski definition) is 3. The molecule has 1 fully saturated rings. The van der Waals surface area contributed by atoms with E-state index in [2.05, 4.69) is 5.32 Å². The summed E-state index contributed by atoms with van der Waals surface area (Å²) in [4.78, 5) is 24.5. The molecule has 0 aromatic carbocycles. The van der Waals surface area contributed by atoms with Crippen molar-refractivity contribution >= 4 is 12.0 Å². The highest BCUT2D eigenvalue weighted by Gasteiger charge is 2.31. The van der Waals surface area contributed by atoms with Gasteiger partial charge in [-0.2, -0.15) is 0 Å². The van der Waals surface area contributed by atoms with Crippen molar-refractivity contribution in [3.05, 3.63) is 0 Å². The van der Waals surface area contributed by atoms with E-state index < -0.39 is 24.1 Å². The molecule has 2 amide bonds. The van der Waals surface area contributed by atoms with Crippen LogP contribution in [0.5, 0.6) is 0 Å². The second kappa shape index (κ2) is 8.06. The summed E-state index contributed by atoms with van der Waals surface area (Å²) in [5.74, 6) is -1.09. The fourth-order valence-corrected chi connectivity index (χ4v) is 2.44. The molecule has 1 aliphatic rings. The molecular formula is C13H24N2O5. The van der Waals surface area contributed by atoms with Crippen molar-refractivity contribution in [3.8, 4) is 0 Å². The molecule has 0 aromatic rings. The van der Waals surface area contributed by atoms with Gasteiger partial charge in [-0.25, -0.2) is 9.59 Å². The van der Waals surface area contributed by atoms with Crippen LogP contribution in [-0.4, -0.2) is 66.1 Å². The molecule has 0 radical (unpaired) electrons. The summed E-state index contributed by atoms with van der Waals surface area (Å²) in [5.41, 5.74) is 0. The maximum Gasteiger partial charge on any atom is 0.326 e. The highest BCUT2D eigenvalue weighted by Crippen LogP contribution is 2.22. The number of methoxy groups -OCH3 is 1. The first-order chi connectivity index (χ1) is 9.47. The quantitative estimate of drug-likeness (QED) is 0.658. The fraction of sp³-hybridized carbons (Fsp3) is 0.846. The van der Waals surface area contributed by atoms with E-state index in [0.29, 0.717) is 6.42 Å². The number of carboxylic acid groups (broad SMARTS) is 1. The highest BCUT2D eigenvalue weighted by atomic mass is 16.5. The summed E-state index contributed by atoms with van der Waals surface area (Å²) in [5, 5.41) is 21.4. The van der Waals surface area contributed by atoms with Crippen LogP contribution in [-0.2, 0) is 9.53 Å². The van der Waals surface area contributed by atoms with E-state index in [1.54, 1.807) is 7.05 Å². The zero-order chi connectivity index (χ0) is 15.1. The molecule has 0 spiro atoms. The zero-order valence-corrected chi connectivity index (χ0v) is 12.0. The average Bonchev–Trinajstić information content (AvgIpc) is 2.42. The number of likely N-dealkylation sites (N-methyl/N-ethyl adjacent to an activating group) is 1. The monoisotopic (exact) mass is 288 g/mol. The molecule has 3 atom stereocenters. The lowest BCUT2D eigenvalue weighted by Gasteiger charge is -2.35. The Morgan fingerprint density at radius 1 is 1.40 bits per heavy atom. The van der Waals surface area contributed by atoms with Crippen LogP contribution in [0.1, 0.15) is 32.1 Å². The Morgan fingerprint density at radius 2 is 2.05 bits per heavy atom. The van der Waals surface area contributed by atoms with Crippen molar-refractivity contribution in [1.29, 1.82) is 0 Å². The van der Waals surface area contributed by atoms with Crippen LogP contribution in [0.25, 0.3) is 0 Å². The van der Waals surface area contributed by atoms with E-state index in [1.165, 1.54) is 12.0 Å². The van der Waals surface area contributed by atoms with Crippen molar-refractivity contribution in [2.45, 2.75) is 50.3 Å². The number of ether oxygens (including phenoxy) is 1. The number of nitrogens with one attached hydrogen (secondary N) is 1. The highest BCUT2D eigenvalue weighted by molar-refractivity contribution is 5.82. The van der Waals surface area contributed by atoms with Crippen LogP contribution in [0, 0.1) is 0 Å². The van der Waals surface area contributed by atoms with Gasteiger partial charge >= 0.3 is 12.0 Å². The normalized spacial score (nSPS) is 23.9. The van der Waals surface area contributed by atoms with Gasteiger partial charge in [-0.15, -0.1) is 0 Å². The predicted molar refractivity (Wildman–Crippen MR) is 72.5 cm³/mol. The van der Waals surface area contributed by atoms with Crippen LogP contribution < -0.4 is 5.32 Å². The van der Waals surface area contributed by atoms with Crippen LogP contribution in [0.4, 0.5) is 4.79 Å². The summed E-state index contributed by atoms with van der Waals surface area (Å²) in [6, 6.07) is -1.70. The minimum atomic E-state index is -1.09. The number of urea groups is 1. The van der Waals surface area contributed by atoms with Crippen LogP contribution in [0.2, 0.25) is 0 Å². The van der Waals surface area contributed by atoms with E-state index >= 15 is 0 Å². The molecule has 7 nitrogen and oxygen atoms in total. The number of nitrogens with zero attached hydrogens (tertiary/aromatic N) is 1. The summed E-state index contributed by atoms with van der Waals surface area (Å²) >= 11 is 0. The van der Waals surface area contributed by atoms with Crippen molar-refractivity contribution < 1.29 is 24.5 Å². The topological polar surface area (TPSA) is 99.1 Å². The van der Waals surface area contributed by atoms with E-state index in [0.717, 1.165) is 19.3 Å². The second-order valence-corrected chi connectivity index (χ2v) is 5.15. The number of aliphatic hydroxyl groups excluding tert-OH is 1. The largest absolute Gasteiger partial charge is 0.480 e. The third-order valence-electron chi connectivity index (χ3n) is 3.72. The van der Waals surface area contributed by atoms with Crippen molar-refractivity contribution in [2.24, 2.45) is 0 Å². The maximum atomic E-state index is 12.1. The van der Waals surface area contributed by atoms with E-state index in [9.17, 15) is 14.7 Å². The minimum Gasteiger partial charge on any atom is -0.480 e. The van der Waals surface area contributed by atoms with E-state index in [1.807, 2.05) is 0 Å². The molecule has 3 N–H and O–H groups in total. The molecule has 3 unspecified atom stereocenters. The predicted octanol–water partition coefficient (Wildman–Crippen LogP) is 0.421. The summed E-state index contributed by atoms with van der Waals surface area (Å²) in [7, 11) is 3.06. The maximum absolute atomic E-state index is 12.1. The van der Waals surface area contributed by atoms with Gasteiger partial charge in [0.2, 0.25) is 0 Å². The molecule has 20 heavy (non-hydrogen) atoms. The van der Waals surface area contributed by atoms with E-state index in [4.69, 9.17) is 9.84 Å². The first-order valence-corrected chi connectivity index (χ1v) is 6.90. The SMILES string of the molecule is COCCC(NC(=O)N(C)C1CCCCC1O)C(=O)O. The standard InChI is InChI=1S/C13H24N2O5/c1-15(10-5-3-4-6-11(10)16)13(19)14-9(12(17)18)7-8-20-2/h9-11,16H,3-8H2,1-2H3,(H,14,19)(H,17,18). The van der Waals surface area contributed by atoms with Gasteiger partial charge in [0, 0.05) is 27.2 Å². The number of aliphatic hydroxyl groups is 1. The third-order valence-corrected chi connectivity index (χ3v) is 3.72. The number of rotatable bonds is 6. The average molecular weight is 288 g/mol. The van der Waals surface area contributed by atoms with Gasteiger partial charge in [0.1, 0.15) is 6.04 Å². The number of carbonyl (C=O) groups excluding carboxylic acids is 1. The van der Waals surface area contributed by atoms with Gasteiger partial charge in [0.25, 0.3) is 0 Å². The van der Waals surface area contributed by atoms with Crippen LogP contribution >= 0.6 is 0 Å². The van der Waals surface area contributed by atoms with Gasteiger partial charge in [-0.3, -0.25) is 0 Å². The molecule has 0 aromatic heterocycles. The van der Waals surface area contributed by atoms with E-state index in [-0.39, 0.29) is 19.1 Å². The number of amides is 2. The van der Waals surface area contributed by atoms with Gasteiger partial charge in [0.05, 0.1) is 12.1 Å². The Hall–Kier alpha value is -1.34. The summed E-state index contributed by atoms with van der Waals surface area (Å²) < 4.78 is 4.83. The smallest absolute Gasteiger partial charge is 0.326 e. The number of aliphatic carboxylic acids is 1. The second-order valence-electron chi connectivity index (χ2n) is 5.15. The molecule has 0 aliphatic heterocycles. The molecule has 116 valence electrons. The number of hydrogen-bond acceptors (Lipinski definition) is 4. The van der Waals surface area contributed by atoms with Crippen molar-refractivity contribution in [1.82, 2.24) is 10.2 Å². The molecule has 7 heteroatoms. The molecule has 0 bridgehead atoms. The Morgan fingerprint density at radius 3 is 2.60 bits per heavy atom. The third kappa shape index (κ3) is 4.64. The minimum absolute atomic E-state index is 0.207. The van der Waals surface area contributed by atoms with Gasteiger partial charge in [-0.05, 0) is 12.8 Å². The first-order valence-electron chi connectivity index (χ1n) is 6.90. The Balaban J connectivity index is 2.56. The van der Waals surface area contributed by atoms with Gasteiger partial charge in [-0.1, -0.05) is 12.8 Å². The summed E-state index contributed by atoms with van der Waals surface area (Å²) in [6.45, 7) is 0.257. The Kier molecular flexibility index (Phi) is 6.74. The molecule has 1 aliphatic carbocycles. The molecule has 1 rings (SSSR count). The Bertz CT molecular complexity index is 337. The lowest BCUT2D eigenvalue weighted by atomic mass is 9.92. The Labute approximate surface area is 118 Å². The van der Waals surface area contributed by atoms with Crippen molar-refractivity contribution in [3.63, 3.8) is 0 Å². The van der Waals surface area contributed by atoms with Crippen LogP contribution in [0.3, 0.4) is 0 Å². The molecule has 0 heterocycles. The summed E-state index contributed by atoms with van der Waals surface area (Å²) in [6.07, 6.45) is 3.00. The molecule has 1 saturated carbocycles. The number of carbonyl (C=O) groups is 2. The molecular weight excluding hydrogens is 264 g/mol. The van der Waals surface area contributed by atoms with Gasteiger partial charge < -0.3 is 25.2 Å². The zero-order valence-electron chi connectivity index (χ0n) is 12.0. The lowest BCUT2D eigenvalue weighted by molar-refractivity contribution is -0.139.